The summed E-state index contributed by atoms with van der Waals surface area (Å²) >= 11 is 3.44. The van der Waals surface area contributed by atoms with Crippen molar-refractivity contribution >= 4 is 38.9 Å². The van der Waals surface area contributed by atoms with Crippen molar-refractivity contribution < 1.29 is 9.53 Å². The number of amides is 1. The first-order chi connectivity index (χ1) is 12.6. The molecule has 0 aliphatic rings. The first kappa shape index (κ1) is 18.0. The average molecular weight is 411 g/mol. The fraction of sp³-hybridized carbons (Fsp3) is 0.0952. The Kier molecular flexibility index (Phi) is 5.92. The number of anilines is 3. The fourth-order valence-electron chi connectivity index (χ4n) is 2.39. The monoisotopic (exact) mass is 410 g/mol. The molecule has 26 heavy (non-hydrogen) atoms. The second-order valence-electron chi connectivity index (χ2n) is 5.84. The lowest BCUT2D eigenvalue weighted by atomic mass is 10.2. The van der Waals surface area contributed by atoms with Gasteiger partial charge in [0.1, 0.15) is 5.75 Å². The molecule has 0 saturated heterocycles. The Labute approximate surface area is 161 Å². The van der Waals surface area contributed by atoms with Crippen LogP contribution >= 0.6 is 15.9 Å². The van der Waals surface area contributed by atoms with Crippen LogP contribution in [0, 0.1) is 6.92 Å². The molecule has 0 heterocycles. The topological polar surface area (TPSA) is 50.4 Å². The van der Waals surface area contributed by atoms with Crippen LogP contribution in [0.2, 0.25) is 0 Å². The van der Waals surface area contributed by atoms with E-state index in [1.807, 2.05) is 79.7 Å². The summed E-state index contributed by atoms with van der Waals surface area (Å²) in [4.78, 5) is 12.1. The SMILES string of the molecule is Cc1ccc(OCC(=O)Nc2ccc(Nc3ccccc3)cc2)c(Br)c1. The summed E-state index contributed by atoms with van der Waals surface area (Å²) in [5.41, 5.74) is 3.81. The maximum absolute atomic E-state index is 12.1. The van der Waals surface area contributed by atoms with Gasteiger partial charge in [-0.25, -0.2) is 0 Å². The summed E-state index contributed by atoms with van der Waals surface area (Å²) in [6.07, 6.45) is 0. The Morgan fingerprint density at radius 2 is 1.58 bits per heavy atom. The van der Waals surface area contributed by atoms with Gasteiger partial charge in [-0.05, 0) is 76.9 Å². The normalized spacial score (nSPS) is 10.2. The molecule has 0 aliphatic heterocycles. The number of halogens is 1. The molecule has 4 nitrogen and oxygen atoms in total. The summed E-state index contributed by atoms with van der Waals surface area (Å²) in [6.45, 7) is 1.95. The highest BCUT2D eigenvalue weighted by Gasteiger charge is 2.06. The van der Waals surface area contributed by atoms with Crippen LogP contribution < -0.4 is 15.4 Å². The van der Waals surface area contributed by atoms with Crippen LogP contribution in [0.3, 0.4) is 0 Å². The predicted molar refractivity (Wildman–Crippen MR) is 109 cm³/mol. The average Bonchev–Trinajstić information content (AvgIpc) is 2.63. The molecule has 3 rings (SSSR count). The number of rotatable bonds is 6. The number of hydrogen-bond acceptors (Lipinski definition) is 3. The molecule has 2 N–H and O–H groups in total. The van der Waals surface area contributed by atoms with Gasteiger partial charge in [0.15, 0.2) is 6.61 Å². The largest absolute Gasteiger partial charge is 0.483 e. The maximum Gasteiger partial charge on any atom is 0.262 e. The van der Waals surface area contributed by atoms with Crippen LogP contribution in [0.4, 0.5) is 17.1 Å². The summed E-state index contributed by atoms with van der Waals surface area (Å²) in [7, 11) is 0. The molecule has 1 amide bonds. The minimum Gasteiger partial charge on any atom is -0.483 e. The molecular weight excluding hydrogens is 392 g/mol. The van der Waals surface area contributed by atoms with Gasteiger partial charge in [-0.15, -0.1) is 0 Å². The van der Waals surface area contributed by atoms with Crippen LogP contribution in [-0.2, 0) is 4.79 Å². The fourth-order valence-corrected chi connectivity index (χ4v) is 3.00. The number of benzene rings is 3. The van der Waals surface area contributed by atoms with Crippen molar-refractivity contribution in [1.29, 1.82) is 0 Å². The third-order valence-electron chi connectivity index (χ3n) is 3.68. The molecule has 3 aromatic rings. The molecule has 132 valence electrons. The number of nitrogens with one attached hydrogen (secondary N) is 2. The molecule has 0 bridgehead atoms. The maximum atomic E-state index is 12.1. The van der Waals surface area contributed by atoms with Gasteiger partial charge in [-0.2, -0.15) is 0 Å². The van der Waals surface area contributed by atoms with E-state index in [0.29, 0.717) is 5.75 Å². The summed E-state index contributed by atoms with van der Waals surface area (Å²) in [6, 6.07) is 23.2. The van der Waals surface area contributed by atoms with E-state index in [-0.39, 0.29) is 12.5 Å². The Bertz CT molecular complexity index is 880. The zero-order valence-electron chi connectivity index (χ0n) is 14.3. The number of carbonyl (C=O) groups excluding carboxylic acids is 1. The molecule has 0 atom stereocenters. The van der Waals surface area contributed by atoms with Gasteiger partial charge in [0.05, 0.1) is 4.47 Å². The smallest absolute Gasteiger partial charge is 0.262 e. The van der Waals surface area contributed by atoms with Crippen molar-refractivity contribution in [1.82, 2.24) is 0 Å². The Balaban J connectivity index is 1.52. The molecule has 0 aromatic heterocycles. The molecule has 5 heteroatoms. The first-order valence-corrected chi connectivity index (χ1v) is 9.00. The van der Waals surface area contributed by atoms with Crippen molar-refractivity contribution in [3.05, 3.63) is 82.8 Å². The summed E-state index contributed by atoms with van der Waals surface area (Å²) < 4.78 is 6.39. The van der Waals surface area contributed by atoms with Gasteiger partial charge in [-0.1, -0.05) is 24.3 Å². The Morgan fingerprint density at radius 3 is 2.27 bits per heavy atom. The van der Waals surface area contributed by atoms with Crippen molar-refractivity contribution in [2.75, 3.05) is 17.2 Å². The van der Waals surface area contributed by atoms with Gasteiger partial charge < -0.3 is 15.4 Å². The van der Waals surface area contributed by atoms with Crippen LogP contribution in [0.15, 0.2) is 77.3 Å². The second-order valence-corrected chi connectivity index (χ2v) is 6.69. The predicted octanol–water partition coefficient (Wildman–Crippen LogP) is 5.52. The van der Waals surface area contributed by atoms with Crippen LogP contribution in [0.5, 0.6) is 5.75 Å². The van der Waals surface area contributed by atoms with Crippen molar-refractivity contribution in [2.24, 2.45) is 0 Å². The highest BCUT2D eigenvalue weighted by molar-refractivity contribution is 9.10. The Hall–Kier alpha value is -2.79. The molecule has 0 aliphatic carbocycles. The third kappa shape index (κ3) is 5.10. The molecule has 0 fully saturated rings. The number of ether oxygens (including phenoxy) is 1. The van der Waals surface area contributed by atoms with Gasteiger partial charge in [-0.3, -0.25) is 4.79 Å². The van der Waals surface area contributed by atoms with Gasteiger partial charge in [0.2, 0.25) is 0 Å². The van der Waals surface area contributed by atoms with Crippen molar-refractivity contribution in [3.63, 3.8) is 0 Å². The lowest BCUT2D eigenvalue weighted by Crippen LogP contribution is -2.20. The molecular formula is C21H19BrN2O2. The first-order valence-electron chi connectivity index (χ1n) is 8.21. The van der Waals surface area contributed by atoms with E-state index in [1.165, 1.54) is 0 Å². The van der Waals surface area contributed by atoms with Gasteiger partial charge in [0.25, 0.3) is 5.91 Å². The van der Waals surface area contributed by atoms with Crippen LogP contribution in [-0.4, -0.2) is 12.5 Å². The molecule has 3 aromatic carbocycles. The van der Waals surface area contributed by atoms with E-state index in [4.69, 9.17) is 4.74 Å². The molecule has 0 radical (unpaired) electrons. The standard InChI is InChI=1S/C21H19BrN2O2/c1-15-7-12-20(19(22)13-15)26-14-21(25)24-18-10-8-17(9-11-18)23-16-5-3-2-4-6-16/h2-13,23H,14H2,1H3,(H,24,25). The zero-order chi connectivity index (χ0) is 18.4. The van der Waals surface area contributed by atoms with E-state index in [0.717, 1.165) is 27.1 Å². The highest BCUT2D eigenvalue weighted by atomic mass is 79.9. The summed E-state index contributed by atoms with van der Waals surface area (Å²) in [5.74, 6) is 0.439. The molecule has 0 spiro atoms. The third-order valence-corrected chi connectivity index (χ3v) is 4.30. The van der Waals surface area contributed by atoms with E-state index in [2.05, 4.69) is 26.6 Å². The van der Waals surface area contributed by atoms with Gasteiger partial charge >= 0.3 is 0 Å². The molecule has 0 saturated carbocycles. The lowest BCUT2D eigenvalue weighted by molar-refractivity contribution is -0.118. The molecule has 0 unspecified atom stereocenters. The van der Waals surface area contributed by atoms with E-state index >= 15 is 0 Å². The van der Waals surface area contributed by atoms with Crippen molar-refractivity contribution in [3.8, 4) is 5.75 Å². The minimum absolute atomic E-state index is 0.0499. The number of hydrogen-bond donors (Lipinski definition) is 2. The highest BCUT2D eigenvalue weighted by Crippen LogP contribution is 2.25. The number of aryl methyl sites for hydroxylation is 1. The Morgan fingerprint density at radius 1 is 0.923 bits per heavy atom. The van der Waals surface area contributed by atoms with E-state index < -0.39 is 0 Å². The van der Waals surface area contributed by atoms with Gasteiger partial charge in [0, 0.05) is 17.1 Å². The second kappa shape index (κ2) is 8.54. The lowest BCUT2D eigenvalue weighted by Gasteiger charge is -2.10. The number of carbonyl (C=O) groups is 1. The van der Waals surface area contributed by atoms with Crippen molar-refractivity contribution in [2.45, 2.75) is 6.92 Å². The van der Waals surface area contributed by atoms with Crippen LogP contribution in [0.25, 0.3) is 0 Å². The van der Waals surface area contributed by atoms with E-state index in [1.54, 1.807) is 0 Å². The van der Waals surface area contributed by atoms with E-state index in [9.17, 15) is 4.79 Å². The summed E-state index contributed by atoms with van der Waals surface area (Å²) in [5, 5.41) is 6.13. The van der Waals surface area contributed by atoms with Crippen LogP contribution in [0.1, 0.15) is 5.56 Å². The quantitative estimate of drug-likeness (QED) is 0.562. The minimum atomic E-state index is -0.207. The number of para-hydroxylation sites is 1. The zero-order valence-corrected chi connectivity index (χ0v) is 15.9.